The zero-order chi connectivity index (χ0) is 12.4. The molecular weight excluding hydrogens is 224 g/mol. The largest absolute Gasteiger partial charge is 0.390 e. The van der Waals surface area contributed by atoms with Gasteiger partial charge in [-0.05, 0) is 49.7 Å². The van der Waals surface area contributed by atoms with Crippen LogP contribution in [0.5, 0.6) is 0 Å². The van der Waals surface area contributed by atoms with Gasteiger partial charge in [0.25, 0.3) is 0 Å². The van der Waals surface area contributed by atoms with Crippen molar-refractivity contribution >= 4 is 0 Å². The zero-order valence-corrected chi connectivity index (χ0v) is 10.9. The smallest absolute Gasteiger partial charge is 0.0692 e. The molecule has 1 saturated heterocycles. The fraction of sp³-hybridized carbons (Fsp3) is 0.625. The van der Waals surface area contributed by atoms with Crippen molar-refractivity contribution in [2.24, 2.45) is 0 Å². The molecule has 0 amide bonds. The van der Waals surface area contributed by atoms with Crippen LogP contribution >= 0.6 is 0 Å². The van der Waals surface area contributed by atoms with Gasteiger partial charge in [-0.2, -0.15) is 0 Å². The van der Waals surface area contributed by atoms with E-state index in [-0.39, 0.29) is 0 Å². The fourth-order valence-electron chi connectivity index (χ4n) is 3.30. The lowest BCUT2D eigenvalue weighted by Crippen LogP contribution is -2.36. The van der Waals surface area contributed by atoms with E-state index < -0.39 is 5.60 Å². The minimum Gasteiger partial charge on any atom is -0.390 e. The molecule has 0 saturated carbocycles. The van der Waals surface area contributed by atoms with Crippen molar-refractivity contribution in [1.29, 1.82) is 0 Å². The van der Waals surface area contributed by atoms with Crippen LogP contribution < -0.4 is 0 Å². The number of rotatable bonds is 3. The first-order chi connectivity index (χ1) is 8.75. The molecule has 2 atom stereocenters. The third-order valence-corrected chi connectivity index (χ3v) is 4.45. The summed E-state index contributed by atoms with van der Waals surface area (Å²) in [4.78, 5) is 0. The Hall–Kier alpha value is -0.860. The van der Waals surface area contributed by atoms with Crippen molar-refractivity contribution in [3.63, 3.8) is 0 Å². The van der Waals surface area contributed by atoms with Crippen LogP contribution in [0.4, 0.5) is 0 Å². The highest BCUT2D eigenvalue weighted by molar-refractivity contribution is 5.31. The van der Waals surface area contributed by atoms with Gasteiger partial charge in [-0.1, -0.05) is 24.3 Å². The van der Waals surface area contributed by atoms with Gasteiger partial charge in [0.2, 0.25) is 0 Å². The van der Waals surface area contributed by atoms with E-state index in [9.17, 15) is 5.11 Å². The van der Waals surface area contributed by atoms with Gasteiger partial charge in [0.05, 0.1) is 11.7 Å². The van der Waals surface area contributed by atoms with Crippen LogP contribution in [0.1, 0.15) is 43.2 Å². The lowest BCUT2D eigenvalue weighted by molar-refractivity contribution is -0.000348. The average molecular weight is 246 g/mol. The van der Waals surface area contributed by atoms with Crippen LogP contribution in [0.25, 0.3) is 0 Å². The zero-order valence-electron chi connectivity index (χ0n) is 10.9. The Labute approximate surface area is 109 Å². The van der Waals surface area contributed by atoms with Crippen LogP contribution in [-0.2, 0) is 17.6 Å². The molecule has 1 fully saturated rings. The molecule has 1 N–H and O–H groups in total. The third-order valence-electron chi connectivity index (χ3n) is 4.45. The van der Waals surface area contributed by atoms with Gasteiger partial charge in [0, 0.05) is 13.0 Å². The minimum atomic E-state index is -0.500. The molecule has 1 heterocycles. The molecule has 2 unspecified atom stereocenters. The molecule has 1 aromatic rings. The molecule has 0 radical (unpaired) electrons. The minimum absolute atomic E-state index is 0.395. The number of benzene rings is 1. The Balaban J connectivity index is 1.62. The van der Waals surface area contributed by atoms with Crippen LogP contribution in [-0.4, -0.2) is 23.4 Å². The summed E-state index contributed by atoms with van der Waals surface area (Å²) < 4.78 is 5.65. The second kappa shape index (κ2) is 5.02. The number of aryl methyl sites for hydroxylation is 1. The number of ether oxygens (including phenoxy) is 1. The Morgan fingerprint density at radius 3 is 2.89 bits per heavy atom. The van der Waals surface area contributed by atoms with Crippen molar-refractivity contribution in [3.05, 3.63) is 35.4 Å². The first-order valence-corrected chi connectivity index (χ1v) is 7.16. The molecule has 3 rings (SSSR count). The van der Waals surface area contributed by atoms with Gasteiger partial charge >= 0.3 is 0 Å². The van der Waals surface area contributed by atoms with Crippen molar-refractivity contribution in [2.45, 2.75) is 56.7 Å². The lowest BCUT2D eigenvalue weighted by atomic mass is 9.77. The van der Waals surface area contributed by atoms with Gasteiger partial charge in [0.15, 0.2) is 0 Å². The van der Waals surface area contributed by atoms with E-state index in [4.69, 9.17) is 4.74 Å². The molecule has 1 aromatic carbocycles. The van der Waals surface area contributed by atoms with Gasteiger partial charge in [-0.3, -0.25) is 0 Å². The quantitative estimate of drug-likeness (QED) is 0.888. The number of fused-ring (bicyclic) bond motifs is 1. The standard InChI is InChI=1S/C16H22O2/c17-16(10-8-15-6-3-11-18-15)9-7-13-4-1-2-5-14(13)12-16/h1-2,4-5,15,17H,3,6-12H2. The summed E-state index contributed by atoms with van der Waals surface area (Å²) in [6, 6.07) is 8.51. The molecule has 0 bridgehead atoms. The fourth-order valence-corrected chi connectivity index (χ4v) is 3.30. The molecule has 2 nitrogen and oxygen atoms in total. The van der Waals surface area contributed by atoms with E-state index in [2.05, 4.69) is 24.3 Å². The first-order valence-electron chi connectivity index (χ1n) is 7.16. The van der Waals surface area contributed by atoms with Crippen LogP contribution in [0.2, 0.25) is 0 Å². The lowest BCUT2D eigenvalue weighted by Gasteiger charge is -2.34. The van der Waals surface area contributed by atoms with Crippen LogP contribution in [0, 0.1) is 0 Å². The van der Waals surface area contributed by atoms with Crippen LogP contribution in [0.3, 0.4) is 0 Å². The molecule has 0 spiro atoms. The maximum absolute atomic E-state index is 10.7. The highest BCUT2D eigenvalue weighted by Gasteiger charge is 2.32. The maximum atomic E-state index is 10.7. The molecule has 1 aliphatic carbocycles. The number of hydrogen-bond acceptors (Lipinski definition) is 2. The normalized spacial score (nSPS) is 31.3. The second-order valence-corrected chi connectivity index (χ2v) is 5.84. The van der Waals surface area contributed by atoms with Gasteiger partial charge in [-0.15, -0.1) is 0 Å². The SMILES string of the molecule is OC1(CCC2CCCO2)CCc2ccccc2C1. The second-order valence-electron chi connectivity index (χ2n) is 5.84. The summed E-state index contributed by atoms with van der Waals surface area (Å²) in [7, 11) is 0. The summed E-state index contributed by atoms with van der Waals surface area (Å²) in [6.07, 6.45) is 7.37. The Morgan fingerprint density at radius 2 is 2.11 bits per heavy atom. The van der Waals surface area contributed by atoms with Gasteiger partial charge < -0.3 is 9.84 Å². The van der Waals surface area contributed by atoms with Crippen molar-refractivity contribution < 1.29 is 9.84 Å². The number of hydrogen-bond donors (Lipinski definition) is 1. The Morgan fingerprint density at radius 1 is 1.28 bits per heavy atom. The van der Waals surface area contributed by atoms with Crippen molar-refractivity contribution in [3.8, 4) is 0 Å². The summed E-state index contributed by atoms with van der Waals surface area (Å²) in [5.74, 6) is 0. The monoisotopic (exact) mass is 246 g/mol. The van der Waals surface area contributed by atoms with E-state index in [0.29, 0.717) is 6.10 Å². The van der Waals surface area contributed by atoms with Gasteiger partial charge in [-0.25, -0.2) is 0 Å². The maximum Gasteiger partial charge on any atom is 0.0692 e. The van der Waals surface area contributed by atoms with E-state index in [1.54, 1.807) is 0 Å². The summed E-state index contributed by atoms with van der Waals surface area (Å²) in [5.41, 5.74) is 2.25. The third kappa shape index (κ3) is 2.60. The molecule has 0 aromatic heterocycles. The Kier molecular flexibility index (Phi) is 3.40. The predicted octanol–water partition coefficient (Wildman–Crippen LogP) is 2.87. The molecule has 2 heteroatoms. The van der Waals surface area contributed by atoms with E-state index in [1.165, 1.54) is 24.0 Å². The van der Waals surface area contributed by atoms with Crippen molar-refractivity contribution in [1.82, 2.24) is 0 Å². The highest BCUT2D eigenvalue weighted by Crippen LogP contribution is 2.33. The topological polar surface area (TPSA) is 29.5 Å². The first kappa shape index (κ1) is 12.2. The molecule has 1 aliphatic heterocycles. The molecular formula is C16H22O2. The van der Waals surface area contributed by atoms with Crippen molar-refractivity contribution in [2.75, 3.05) is 6.61 Å². The molecule has 98 valence electrons. The summed E-state index contributed by atoms with van der Waals surface area (Å²) >= 11 is 0. The highest BCUT2D eigenvalue weighted by atomic mass is 16.5. The Bertz CT molecular complexity index is 409. The van der Waals surface area contributed by atoms with E-state index >= 15 is 0 Å². The molecule has 2 aliphatic rings. The number of aliphatic hydroxyl groups is 1. The average Bonchev–Trinajstić information content (AvgIpc) is 2.90. The predicted molar refractivity (Wildman–Crippen MR) is 71.6 cm³/mol. The van der Waals surface area contributed by atoms with Crippen LogP contribution in [0.15, 0.2) is 24.3 Å². The summed E-state index contributed by atoms with van der Waals surface area (Å²) in [5, 5.41) is 10.7. The summed E-state index contributed by atoms with van der Waals surface area (Å²) in [6.45, 7) is 0.909. The molecule has 18 heavy (non-hydrogen) atoms. The van der Waals surface area contributed by atoms with E-state index in [1.807, 2.05) is 0 Å². The van der Waals surface area contributed by atoms with E-state index in [0.717, 1.165) is 38.7 Å². The van der Waals surface area contributed by atoms with Gasteiger partial charge in [0.1, 0.15) is 0 Å².